The van der Waals surface area contributed by atoms with Gasteiger partial charge in [-0.25, -0.2) is 0 Å². The van der Waals surface area contributed by atoms with E-state index in [2.05, 4.69) is 10.4 Å². The summed E-state index contributed by atoms with van der Waals surface area (Å²) in [6.45, 7) is 0.243. The Kier molecular flexibility index (Phi) is 3.98. The van der Waals surface area contributed by atoms with Gasteiger partial charge in [0.2, 0.25) is 5.91 Å². The molecule has 1 aliphatic heterocycles. The standard InChI is InChI=1S/C14H14ClN3OS/c15-10-2-3-13-11(8-10)12(4-7-20-13)17-14(19)9-18-6-1-5-16-18/h1-3,5-6,8,12H,4,7,9H2,(H,17,19)/t12-/m1/s1. The van der Waals surface area contributed by atoms with Gasteiger partial charge in [-0.15, -0.1) is 11.8 Å². The van der Waals surface area contributed by atoms with Crippen molar-refractivity contribution in [2.75, 3.05) is 5.75 Å². The molecule has 2 aromatic rings. The van der Waals surface area contributed by atoms with Crippen LogP contribution >= 0.6 is 23.4 Å². The van der Waals surface area contributed by atoms with E-state index in [0.29, 0.717) is 5.02 Å². The second-order valence-corrected chi connectivity index (χ2v) is 6.22. The fraction of sp³-hybridized carbons (Fsp3) is 0.286. The van der Waals surface area contributed by atoms with E-state index < -0.39 is 0 Å². The molecule has 20 heavy (non-hydrogen) atoms. The van der Waals surface area contributed by atoms with Crippen molar-refractivity contribution in [1.29, 1.82) is 0 Å². The summed E-state index contributed by atoms with van der Waals surface area (Å²) in [5, 5.41) is 7.81. The maximum absolute atomic E-state index is 12.1. The summed E-state index contributed by atoms with van der Waals surface area (Å²) in [5.74, 6) is 0.970. The van der Waals surface area contributed by atoms with E-state index >= 15 is 0 Å². The number of thioether (sulfide) groups is 1. The molecule has 0 aliphatic carbocycles. The topological polar surface area (TPSA) is 46.9 Å². The summed E-state index contributed by atoms with van der Waals surface area (Å²) < 4.78 is 1.62. The number of benzene rings is 1. The van der Waals surface area contributed by atoms with Gasteiger partial charge in [-0.2, -0.15) is 5.10 Å². The van der Waals surface area contributed by atoms with Crippen molar-refractivity contribution in [1.82, 2.24) is 15.1 Å². The Labute approximate surface area is 126 Å². The lowest BCUT2D eigenvalue weighted by Gasteiger charge is -2.26. The first-order valence-corrected chi connectivity index (χ1v) is 7.78. The summed E-state index contributed by atoms with van der Waals surface area (Å²) in [5.41, 5.74) is 1.11. The van der Waals surface area contributed by atoms with E-state index in [1.54, 1.807) is 34.9 Å². The van der Waals surface area contributed by atoms with Crippen LogP contribution in [0, 0.1) is 0 Å². The van der Waals surface area contributed by atoms with Gasteiger partial charge in [-0.3, -0.25) is 9.48 Å². The third-order valence-corrected chi connectivity index (χ3v) is 4.57. The summed E-state index contributed by atoms with van der Waals surface area (Å²) in [6, 6.07) is 7.70. The van der Waals surface area contributed by atoms with Crippen LogP contribution in [0.15, 0.2) is 41.6 Å². The normalized spacial score (nSPS) is 17.6. The van der Waals surface area contributed by atoms with Crippen LogP contribution in [0.4, 0.5) is 0 Å². The number of amides is 1. The van der Waals surface area contributed by atoms with Crippen molar-refractivity contribution in [3.05, 3.63) is 47.2 Å². The van der Waals surface area contributed by atoms with Gasteiger partial charge < -0.3 is 5.32 Å². The number of halogens is 1. The van der Waals surface area contributed by atoms with E-state index in [-0.39, 0.29) is 18.5 Å². The van der Waals surface area contributed by atoms with Crippen LogP contribution < -0.4 is 5.32 Å². The van der Waals surface area contributed by atoms with Gasteiger partial charge in [-0.1, -0.05) is 11.6 Å². The molecule has 1 N–H and O–H groups in total. The molecule has 0 fully saturated rings. The molecule has 0 saturated heterocycles. The molecule has 104 valence electrons. The maximum Gasteiger partial charge on any atom is 0.242 e. The van der Waals surface area contributed by atoms with Crippen LogP contribution in [0.1, 0.15) is 18.0 Å². The zero-order chi connectivity index (χ0) is 13.9. The molecule has 0 saturated carbocycles. The average Bonchev–Trinajstić information content (AvgIpc) is 2.92. The lowest BCUT2D eigenvalue weighted by molar-refractivity contribution is -0.122. The van der Waals surface area contributed by atoms with E-state index in [9.17, 15) is 4.79 Å². The Balaban J connectivity index is 1.72. The van der Waals surface area contributed by atoms with Crippen molar-refractivity contribution in [3.63, 3.8) is 0 Å². The summed E-state index contributed by atoms with van der Waals surface area (Å²) in [6.07, 6.45) is 4.36. The van der Waals surface area contributed by atoms with Crippen LogP contribution in [0.25, 0.3) is 0 Å². The molecule has 1 aliphatic rings. The van der Waals surface area contributed by atoms with Crippen molar-refractivity contribution in [3.8, 4) is 0 Å². The van der Waals surface area contributed by atoms with Gasteiger partial charge in [0.05, 0.1) is 6.04 Å². The molecule has 1 atom stereocenters. The van der Waals surface area contributed by atoms with E-state index in [0.717, 1.165) is 17.7 Å². The highest BCUT2D eigenvalue weighted by Gasteiger charge is 2.22. The Morgan fingerprint density at radius 2 is 2.45 bits per heavy atom. The third kappa shape index (κ3) is 2.99. The third-order valence-electron chi connectivity index (χ3n) is 3.21. The Morgan fingerprint density at radius 1 is 1.55 bits per heavy atom. The van der Waals surface area contributed by atoms with Crippen LogP contribution in [-0.2, 0) is 11.3 Å². The minimum Gasteiger partial charge on any atom is -0.348 e. The first-order chi connectivity index (χ1) is 9.72. The zero-order valence-corrected chi connectivity index (χ0v) is 12.3. The Morgan fingerprint density at radius 3 is 3.25 bits per heavy atom. The second kappa shape index (κ2) is 5.89. The fourth-order valence-electron chi connectivity index (χ4n) is 2.30. The van der Waals surface area contributed by atoms with E-state index in [1.807, 2.05) is 18.2 Å². The van der Waals surface area contributed by atoms with Gasteiger partial charge >= 0.3 is 0 Å². The van der Waals surface area contributed by atoms with Crippen molar-refractivity contribution >= 4 is 29.3 Å². The number of rotatable bonds is 3. The molecule has 1 aromatic heterocycles. The molecule has 1 amide bonds. The lowest BCUT2D eigenvalue weighted by atomic mass is 10.0. The van der Waals surface area contributed by atoms with Crippen molar-refractivity contribution in [2.45, 2.75) is 23.9 Å². The number of aromatic nitrogens is 2. The predicted molar refractivity (Wildman–Crippen MR) is 79.9 cm³/mol. The largest absolute Gasteiger partial charge is 0.348 e. The van der Waals surface area contributed by atoms with Gasteiger partial charge in [0.1, 0.15) is 6.54 Å². The van der Waals surface area contributed by atoms with Crippen LogP contribution in [0.5, 0.6) is 0 Å². The highest BCUT2D eigenvalue weighted by molar-refractivity contribution is 7.99. The van der Waals surface area contributed by atoms with Gasteiger partial charge in [0, 0.05) is 28.1 Å². The molecule has 0 unspecified atom stereocenters. The molecule has 6 heteroatoms. The predicted octanol–water partition coefficient (Wildman–Crippen LogP) is 2.89. The van der Waals surface area contributed by atoms with Crippen LogP contribution in [0.2, 0.25) is 5.02 Å². The van der Waals surface area contributed by atoms with Crippen molar-refractivity contribution < 1.29 is 4.79 Å². The minimum atomic E-state index is -0.0310. The molecule has 3 rings (SSSR count). The van der Waals surface area contributed by atoms with E-state index in [1.165, 1.54) is 4.90 Å². The highest BCUT2D eigenvalue weighted by atomic mass is 35.5. The zero-order valence-electron chi connectivity index (χ0n) is 10.8. The summed E-state index contributed by atoms with van der Waals surface area (Å²) in [7, 11) is 0. The Hall–Kier alpha value is -1.46. The minimum absolute atomic E-state index is 0.0310. The van der Waals surface area contributed by atoms with Gasteiger partial charge in [0.25, 0.3) is 0 Å². The Bertz CT molecular complexity index is 615. The van der Waals surface area contributed by atoms with Gasteiger partial charge in [0.15, 0.2) is 0 Å². The molecule has 4 nitrogen and oxygen atoms in total. The number of hydrogen-bond acceptors (Lipinski definition) is 3. The second-order valence-electron chi connectivity index (χ2n) is 4.64. The van der Waals surface area contributed by atoms with Crippen LogP contribution in [-0.4, -0.2) is 21.4 Å². The number of nitrogens with zero attached hydrogens (tertiary/aromatic N) is 2. The summed E-state index contributed by atoms with van der Waals surface area (Å²) in [4.78, 5) is 13.3. The number of carbonyl (C=O) groups excluding carboxylic acids is 1. The smallest absolute Gasteiger partial charge is 0.242 e. The first-order valence-electron chi connectivity index (χ1n) is 6.41. The fourth-order valence-corrected chi connectivity index (χ4v) is 3.58. The molecule has 1 aromatic carbocycles. The van der Waals surface area contributed by atoms with Gasteiger partial charge in [-0.05, 0) is 36.2 Å². The molecule has 0 radical (unpaired) electrons. The maximum atomic E-state index is 12.1. The molecule has 0 spiro atoms. The number of carbonyl (C=O) groups is 1. The quantitative estimate of drug-likeness (QED) is 0.948. The number of hydrogen-bond donors (Lipinski definition) is 1. The molecule has 2 heterocycles. The summed E-state index contributed by atoms with van der Waals surface area (Å²) >= 11 is 7.86. The SMILES string of the molecule is O=C(Cn1cccn1)N[C@@H]1CCSc2ccc(Cl)cc21. The van der Waals surface area contributed by atoms with Crippen LogP contribution in [0.3, 0.4) is 0 Å². The molecule has 0 bridgehead atoms. The number of fused-ring (bicyclic) bond motifs is 1. The average molecular weight is 308 g/mol. The van der Waals surface area contributed by atoms with Crippen molar-refractivity contribution in [2.24, 2.45) is 0 Å². The monoisotopic (exact) mass is 307 g/mol. The lowest BCUT2D eigenvalue weighted by Crippen LogP contribution is -2.33. The van der Waals surface area contributed by atoms with E-state index in [4.69, 9.17) is 11.6 Å². The number of nitrogens with one attached hydrogen (secondary N) is 1. The first kappa shape index (κ1) is 13.5. The highest BCUT2D eigenvalue weighted by Crippen LogP contribution is 2.37. The molecular formula is C14H14ClN3OS. The molecular weight excluding hydrogens is 294 g/mol.